The Morgan fingerprint density at radius 2 is 1.91 bits per heavy atom. The van der Waals surface area contributed by atoms with Crippen molar-refractivity contribution < 1.29 is 27.5 Å². The molecule has 120 valence electrons. The summed E-state index contributed by atoms with van der Waals surface area (Å²) >= 11 is 0. The molecule has 2 rings (SSSR count). The SMILES string of the molecule is O=C(CNc1ccccc1OC(F)(F)F)NC(=O)NC1CC1. The summed E-state index contributed by atoms with van der Waals surface area (Å²) in [5.74, 6) is -1.12. The Kier molecular flexibility index (Phi) is 4.74. The van der Waals surface area contributed by atoms with Crippen LogP contribution in [-0.2, 0) is 4.79 Å². The first kappa shape index (κ1) is 15.9. The van der Waals surface area contributed by atoms with Crippen molar-refractivity contribution in [1.82, 2.24) is 10.6 Å². The lowest BCUT2D eigenvalue weighted by Crippen LogP contribution is -2.42. The molecule has 22 heavy (non-hydrogen) atoms. The third-order valence-corrected chi connectivity index (χ3v) is 2.72. The molecule has 0 spiro atoms. The summed E-state index contributed by atoms with van der Waals surface area (Å²) in [6.45, 7) is -0.365. The fraction of sp³-hybridized carbons (Fsp3) is 0.385. The predicted molar refractivity (Wildman–Crippen MR) is 71.3 cm³/mol. The molecular formula is C13H14F3N3O3. The number of carbonyl (C=O) groups is 2. The largest absolute Gasteiger partial charge is 0.573 e. The van der Waals surface area contributed by atoms with E-state index in [2.05, 4.69) is 20.7 Å². The number of hydrogen-bond donors (Lipinski definition) is 3. The van der Waals surface area contributed by atoms with E-state index in [1.807, 2.05) is 0 Å². The molecule has 1 aromatic carbocycles. The Labute approximate surface area is 124 Å². The fourth-order valence-electron chi connectivity index (χ4n) is 1.62. The smallest absolute Gasteiger partial charge is 0.404 e. The van der Waals surface area contributed by atoms with E-state index < -0.39 is 24.1 Å². The molecule has 0 unspecified atom stereocenters. The van der Waals surface area contributed by atoms with E-state index in [1.165, 1.54) is 18.2 Å². The third-order valence-electron chi connectivity index (χ3n) is 2.72. The van der Waals surface area contributed by atoms with Crippen LogP contribution in [0.2, 0.25) is 0 Å². The first-order chi connectivity index (χ1) is 10.3. The standard InChI is InChI=1S/C13H14F3N3O3/c14-13(15,16)22-10-4-2-1-3-9(10)17-7-11(20)19-12(21)18-8-5-6-8/h1-4,8,17H,5-7H2,(H2,18,19,20,21). The van der Waals surface area contributed by atoms with Gasteiger partial charge in [-0.15, -0.1) is 13.2 Å². The van der Waals surface area contributed by atoms with Gasteiger partial charge in [-0.05, 0) is 25.0 Å². The molecule has 0 radical (unpaired) electrons. The Balaban J connectivity index is 1.85. The van der Waals surface area contributed by atoms with Crippen LogP contribution in [-0.4, -0.2) is 30.9 Å². The highest BCUT2D eigenvalue weighted by molar-refractivity contribution is 5.96. The molecule has 0 aromatic heterocycles. The second-order valence-corrected chi connectivity index (χ2v) is 4.69. The number of para-hydroxylation sites is 2. The number of halogens is 3. The topological polar surface area (TPSA) is 79.5 Å². The normalized spacial score (nSPS) is 14.1. The summed E-state index contributed by atoms with van der Waals surface area (Å²) in [7, 11) is 0. The van der Waals surface area contributed by atoms with Gasteiger partial charge < -0.3 is 15.4 Å². The molecule has 0 bridgehead atoms. The number of amides is 3. The second kappa shape index (κ2) is 6.54. The molecule has 6 nitrogen and oxygen atoms in total. The number of urea groups is 1. The van der Waals surface area contributed by atoms with Gasteiger partial charge in [-0.2, -0.15) is 0 Å². The molecule has 0 aliphatic heterocycles. The maximum absolute atomic E-state index is 12.2. The molecule has 1 aliphatic carbocycles. The van der Waals surface area contributed by atoms with E-state index in [1.54, 1.807) is 0 Å². The Morgan fingerprint density at radius 3 is 2.55 bits per heavy atom. The van der Waals surface area contributed by atoms with Crippen molar-refractivity contribution in [2.24, 2.45) is 0 Å². The van der Waals surface area contributed by atoms with Crippen LogP contribution in [0.3, 0.4) is 0 Å². The van der Waals surface area contributed by atoms with Gasteiger partial charge in [-0.25, -0.2) is 4.79 Å². The van der Waals surface area contributed by atoms with Crippen LogP contribution in [0.5, 0.6) is 5.75 Å². The maximum atomic E-state index is 12.2. The van der Waals surface area contributed by atoms with E-state index >= 15 is 0 Å². The average Bonchev–Trinajstić information content (AvgIpc) is 3.19. The number of benzene rings is 1. The van der Waals surface area contributed by atoms with Crippen LogP contribution in [0.25, 0.3) is 0 Å². The lowest BCUT2D eigenvalue weighted by atomic mass is 10.3. The van der Waals surface area contributed by atoms with Crippen LogP contribution in [0.4, 0.5) is 23.7 Å². The summed E-state index contributed by atoms with van der Waals surface area (Å²) < 4.78 is 40.5. The van der Waals surface area contributed by atoms with Gasteiger partial charge in [0.15, 0.2) is 5.75 Å². The maximum Gasteiger partial charge on any atom is 0.573 e. The minimum atomic E-state index is -4.83. The summed E-state index contributed by atoms with van der Waals surface area (Å²) in [5, 5.41) is 7.12. The van der Waals surface area contributed by atoms with Gasteiger partial charge in [0.05, 0.1) is 12.2 Å². The Bertz CT molecular complexity index is 559. The second-order valence-electron chi connectivity index (χ2n) is 4.69. The molecule has 0 heterocycles. The Hall–Kier alpha value is -2.45. The van der Waals surface area contributed by atoms with E-state index in [0.29, 0.717) is 0 Å². The molecule has 3 N–H and O–H groups in total. The van der Waals surface area contributed by atoms with Crippen LogP contribution in [0.1, 0.15) is 12.8 Å². The molecule has 0 saturated heterocycles. The van der Waals surface area contributed by atoms with Crippen LogP contribution >= 0.6 is 0 Å². The number of hydrogen-bond acceptors (Lipinski definition) is 4. The highest BCUT2D eigenvalue weighted by Gasteiger charge is 2.32. The lowest BCUT2D eigenvalue weighted by Gasteiger charge is -2.14. The first-order valence-electron chi connectivity index (χ1n) is 6.52. The van der Waals surface area contributed by atoms with Crippen LogP contribution in [0.15, 0.2) is 24.3 Å². The molecule has 1 saturated carbocycles. The minimum absolute atomic E-state index is 0.00224. The Morgan fingerprint density at radius 1 is 1.23 bits per heavy atom. The van der Waals surface area contributed by atoms with Gasteiger partial charge >= 0.3 is 12.4 Å². The number of imide groups is 1. The number of rotatable bonds is 5. The zero-order valence-corrected chi connectivity index (χ0v) is 11.4. The number of anilines is 1. The van der Waals surface area contributed by atoms with Crippen molar-refractivity contribution in [3.8, 4) is 5.75 Å². The summed E-state index contributed by atoms with van der Waals surface area (Å²) in [4.78, 5) is 22.9. The van der Waals surface area contributed by atoms with Crippen molar-refractivity contribution in [1.29, 1.82) is 0 Å². The monoisotopic (exact) mass is 317 g/mol. The van der Waals surface area contributed by atoms with Crippen molar-refractivity contribution in [3.63, 3.8) is 0 Å². The zero-order valence-electron chi connectivity index (χ0n) is 11.4. The van der Waals surface area contributed by atoms with E-state index in [9.17, 15) is 22.8 Å². The van der Waals surface area contributed by atoms with Crippen molar-refractivity contribution in [3.05, 3.63) is 24.3 Å². The highest BCUT2D eigenvalue weighted by atomic mass is 19.4. The fourth-order valence-corrected chi connectivity index (χ4v) is 1.62. The van der Waals surface area contributed by atoms with E-state index in [4.69, 9.17) is 0 Å². The lowest BCUT2D eigenvalue weighted by molar-refractivity contribution is -0.274. The van der Waals surface area contributed by atoms with Crippen LogP contribution in [0, 0.1) is 0 Å². The van der Waals surface area contributed by atoms with Crippen molar-refractivity contribution >= 4 is 17.6 Å². The number of alkyl halides is 3. The third kappa shape index (κ3) is 5.51. The molecule has 3 amide bonds. The summed E-state index contributed by atoms with van der Waals surface area (Å²) in [5.41, 5.74) is -0.00224. The number of carbonyl (C=O) groups excluding carboxylic acids is 2. The molecule has 1 aromatic rings. The van der Waals surface area contributed by atoms with Crippen molar-refractivity contribution in [2.45, 2.75) is 25.2 Å². The first-order valence-corrected chi connectivity index (χ1v) is 6.52. The molecule has 9 heteroatoms. The number of ether oxygens (including phenoxy) is 1. The quantitative estimate of drug-likeness (QED) is 0.776. The van der Waals surface area contributed by atoms with Gasteiger partial charge in [0.2, 0.25) is 5.91 Å². The molecule has 1 fully saturated rings. The van der Waals surface area contributed by atoms with Gasteiger partial charge in [-0.3, -0.25) is 10.1 Å². The summed E-state index contributed by atoms with van der Waals surface area (Å²) in [6, 6.07) is 4.79. The predicted octanol–water partition coefficient (Wildman–Crippen LogP) is 1.99. The van der Waals surface area contributed by atoms with Gasteiger partial charge in [0.25, 0.3) is 0 Å². The van der Waals surface area contributed by atoms with Gasteiger partial charge in [-0.1, -0.05) is 12.1 Å². The summed E-state index contributed by atoms with van der Waals surface area (Å²) in [6.07, 6.45) is -3.08. The zero-order chi connectivity index (χ0) is 16.2. The molecule has 0 atom stereocenters. The van der Waals surface area contributed by atoms with Crippen molar-refractivity contribution in [2.75, 3.05) is 11.9 Å². The van der Waals surface area contributed by atoms with E-state index in [0.717, 1.165) is 18.9 Å². The molecular weight excluding hydrogens is 303 g/mol. The van der Waals surface area contributed by atoms with Gasteiger partial charge in [0, 0.05) is 6.04 Å². The number of nitrogens with one attached hydrogen (secondary N) is 3. The van der Waals surface area contributed by atoms with Gasteiger partial charge in [0.1, 0.15) is 0 Å². The minimum Gasteiger partial charge on any atom is -0.404 e. The van der Waals surface area contributed by atoms with E-state index in [-0.39, 0.29) is 18.3 Å². The average molecular weight is 317 g/mol. The molecule has 1 aliphatic rings. The van der Waals surface area contributed by atoms with Crippen LogP contribution < -0.4 is 20.7 Å². The highest BCUT2D eigenvalue weighted by Crippen LogP contribution is 2.29.